The normalized spacial score (nSPS) is 13.2. The summed E-state index contributed by atoms with van der Waals surface area (Å²) in [7, 11) is 0. The lowest BCUT2D eigenvalue weighted by Gasteiger charge is -2.26. The van der Waals surface area contributed by atoms with Crippen LogP contribution in [0.4, 0.5) is 4.79 Å². The summed E-state index contributed by atoms with van der Waals surface area (Å²) < 4.78 is 4.73. The number of amides is 1. The molecule has 18 heavy (non-hydrogen) atoms. The average Bonchev–Trinajstić information content (AvgIpc) is 2.37. The van der Waals surface area contributed by atoms with Gasteiger partial charge < -0.3 is 15.2 Å². The number of alkyl carbamates (subject to hydrolysis) is 1. The van der Waals surface area contributed by atoms with E-state index in [2.05, 4.69) is 11.9 Å². The number of nitrogens with one attached hydrogen (secondary N) is 1. The van der Waals surface area contributed by atoms with Crippen LogP contribution in [-0.2, 0) is 15.1 Å². The van der Waals surface area contributed by atoms with Gasteiger partial charge in [-0.1, -0.05) is 43.0 Å². The summed E-state index contributed by atoms with van der Waals surface area (Å²) in [4.78, 5) is 22.8. The molecule has 0 spiro atoms. The maximum atomic E-state index is 11.5. The first-order valence-electron chi connectivity index (χ1n) is 5.35. The molecule has 0 radical (unpaired) electrons. The molecule has 96 valence electrons. The van der Waals surface area contributed by atoms with Crippen LogP contribution in [0.1, 0.15) is 12.5 Å². The number of benzene rings is 1. The standard InChI is InChI=1S/C13H15NO4/c1-3-9-18-12(17)14-13(2,11(15)16)10-7-5-4-6-8-10/h3-8H,1,9H2,2H3,(H,14,17)(H,15,16)/t13-/m1/s1. The fraction of sp³-hybridized carbons (Fsp3) is 0.231. The second-order valence-corrected chi connectivity index (χ2v) is 3.81. The second-order valence-electron chi connectivity index (χ2n) is 3.81. The summed E-state index contributed by atoms with van der Waals surface area (Å²) in [5, 5.41) is 11.6. The molecule has 5 nitrogen and oxygen atoms in total. The van der Waals surface area contributed by atoms with E-state index in [4.69, 9.17) is 4.74 Å². The van der Waals surface area contributed by atoms with Crippen molar-refractivity contribution < 1.29 is 19.4 Å². The van der Waals surface area contributed by atoms with Gasteiger partial charge in [0.05, 0.1) is 0 Å². The highest BCUT2D eigenvalue weighted by atomic mass is 16.5. The van der Waals surface area contributed by atoms with Crippen LogP contribution in [0.2, 0.25) is 0 Å². The lowest BCUT2D eigenvalue weighted by Crippen LogP contribution is -2.49. The van der Waals surface area contributed by atoms with Crippen molar-refractivity contribution in [2.45, 2.75) is 12.5 Å². The van der Waals surface area contributed by atoms with Gasteiger partial charge in [0.1, 0.15) is 6.61 Å². The fourth-order valence-corrected chi connectivity index (χ4v) is 1.40. The predicted molar refractivity (Wildman–Crippen MR) is 66.1 cm³/mol. The van der Waals surface area contributed by atoms with Crippen LogP contribution in [0.5, 0.6) is 0 Å². The van der Waals surface area contributed by atoms with Gasteiger partial charge in [-0.15, -0.1) is 0 Å². The zero-order chi connectivity index (χ0) is 13.6. The van der Waals surface area contributed by atoms with Gasteiger partial charge in [-0.3, -0.25) is 0 Å². The molecule has 0 aliphatic rings. The van der Waals surface area contributed by atoms with Gasteiger partial charge in [0, 0.05) is 0 Å². The van der Waals surface area contributed by atoms with Crippen LogP contribution in [0.25, 0.3) is 0 Å². The first-order valence-corrected chi connectivity index (χ1v) is 5.35. The maximum Gasteiger partial charge on any atom is 0.408 e. The Morgan fingerprint density at radius 2 is 2.06 bits per heavy atom. The molecule has 0 saturated heterocycles. The Labute approximate surface area is 105 Å². The Balaban J connectivity index is 2.92. The SMILES string of the molecule is C=CCOC(=O)N[C@@](C)(C(=O)O)c1ccccc1. The first kappa shape index (κ1) is 13.8. The first-order chi connectivity index (χ1) is 8.50. The maximum absolute atomic E-state index is 11.5. The Morgan fingerprint density at radius 3 is 2.56 bits per heavy atom. The van der Waals surface area contributed by atoms with E-state index in [1.807, 2.05) is 0 Å². The lowest BCUT2D eigenvalue weighted by molar-refractivity contribution is -0.144. The van der Waals surface area contributed by atoms with Crippen molar-refractivity contribution in [3.05, 3.63) is 48.6 Å². The lowest BCUT2D eigenvalue weighted by atomic mass is 9.92. The Morgan fingerprint density at radius 1 is 1.44 bits per heavy atom. The van der Waals surface area contributed by atoms with E-state index in [1.165, 1.54) is 13.0 Å². The van der Waals surface area contributed by atoms with Gasteiger partial charge >= 0.3 is 12.1 Å². The van der Waals surface area contributed by atoms with E-state index in [0.29, 0.717) is 5.56 Å². The predicted octanol–water partition coefficient (Wildman–Crippen LogP) is 1.90. The van der Waals surface area contributed by atoms with Crippen molar-refractivity contribution in [3.63, 3.8) is 0 Å². The Bertz CT molecular complexity index is 444. The molecular formula is C13H15NO4. The van der Waals surface area contributed by atoms with E-state index in [0.717, 1.165) is 0 Å². The molecule has 1 amide bonds. The highest BCUT2D eigenvalue weighted by Gasteiger charge is 2.37. The van der Waals surface area contributed by atoms with Crippen molar-refractivity contribution >= 4 is 12.1 Å². The van der Waals surface area contributed by atoms with E-state index >= 15 is 0 Å². The number of hydrogen-bond donors (Lipinski definition) is 2. The largest absolute Gasteiger partial charge is 0.479 e. The fourth-order valence-electron chi connectivity index (χ4n) is 1.40. The summed E-state index contributed by atoms with van der Waals surface area (Å²) in [6.07, 6.45) is 0.601. The van der Waals surface area contributed by atoms with Crippen LogP contribution in [-0.4, -0.2) is 23.8 Å². The quantitative estimate of drug-likeness (QED) is 0.781. The molecule has 0 aromatic heterocycles. The third-order valence-electron chi connectivity index (χ3n) is 2.46. The summed E-state index contributed by atoms with van der Waals surface area (Å²) in [5.74, 6) is -1.16. The van der Waals surface area contributed by atoms with Crippen molar-refractivity contribution in [2.24, 2.45) is 0 Å². The monoisotopic (exact) mass is 249 g/mol. The second kappa shape index (κ2) is 5.86. The van der Waals surface area contributed by atoms with Crippen molar-refractivity contribution in [1.29, 1.82) is 0 Å². The minimum Gasteiger partial charge on any atom is -0.479 e. The summed E-state index contributed by atoms with van der Waals surface area (Å²) in [6.45, 7) is 4.83. The van der Waals surface area contributed by atoms with Gasteiger partial charge in [0.15, 0.2) is 5.54 Å². The molecule has 2 N–H and O–H groups in total. The van der Waals surface area contributed by atoms with Gasteiger partial charge in [-0.2, -0.15) is 0 Å². The number of carbonyl (C=O) groups excluding carboxylic acids is 1. The number of carboxylic acids is 1. The highest BCUT2D eigenvalue weighted by Crippen LogP contribution is 2.20. The van der Waals surface area contributed by atoms with Crippen LogP contribution in [0.3, 0.4) is 0 Å². The number of ether oxygens (including phenoxy) is 1. The number of carbonyl (C=O) groups is 2. The van der Waals surface area contributed by atoms with E-state index < -0.39 is 17.6 Å². The van der Waals surface area contributed by atoms with Crippen LogP contribution >= 0.6 is 0 Å². The molecule has 0 bridgehead atoms. The van der Waals surface area contributed by atoms with E-state index in [9.17, 15) is 14.7 Å². The third kappa shape index (κ3) is 3.10. The molecule has 0 aliphatic heterocycles. The highest BCUT2D eigenvalue weighted by molar-refractivity contribution is 5.85. The molecule has 0 fully saturated rings. The number of carboxylic acid groups (broad SMARTS) is 1. The van der Waals surface area contributed by atoms with Crippen LogP contribution < -0.4 is 5.32 Å². The molecule has 1 aromatic rings. The summed E-state index contributed by atoms with van der Waals surface area (Å²) in [6, 6.07) is 8.42. The van der Waals surface area contributed by atoms with Gasteiger partial charge in [0.25, 0.3) is 0 Å². The molecule has 1 rings (SSSR count). The van der Waals surface area contributed by atoms with Gasteiger partial charge in [-0.05, 0) is 12.5 Å². The number of aliphatic carboxylic acids is 1. The number of hydrogen-bond acceptors (Lipinski definition) is 3. The number of rotatable bonds is 5. The molecule has 0 aliphatic carbocycles. The third-order valence-corrected chi connectivity index (χ3v) is 2.46. The van der Waals surface area contributed by atoms with Crippen LogP contribution in [0.15, 0.2) is 43.0 Å². The molecule has 0 saturated carbocycles. The van der Waals surface area contributed by atoms with Crippen LogP contribution in [0, 0.1) is 0 Å². The topological polar surface area (TPSA) is 75.6 Å². The van der Waals surface area contributed by atoms with Crippen molar-refractivity contribution in [2.75, 3.05) is 6.61 Å². The minimum atomic E-state index is -1.53. The Kier molecular flexibility index (Phi) is 4.48. The molecule has 1 aromatic carbocycles. The molecule has 1 atom stereocenters. The molecular weight excluding hydrogens is 234 g/mol. The zero-order valence-electron chi connectivity index (χ0n) is 10.1. The Hall–Kier alpha value is -2.30. The minimum absolute atomic E-state index is 0.0241. The molecule has 5 heteroatoms. The van der Waals surface area contributed by atoms with E-state index in [-0.39, 0.29) is 6.61 Å². The van der Waals surface area contributed by atoms with Gasteiger partial charge in [-0.25, -0.2) is 9.59 Å². The average molecular weight is 249 g/mol. The van der Waals surface area contributed by atoms with Gasteiger partial charge in [0.2, 0.25) is 0 Å². The van der Waals surface area contributed by atoms with E-state index in [1.54, 1.807) is 30.3 Å². The zero-order valence-corrected chi connectivity index (χ0v) is 10.1. The summed E-state index contributed by atoms with van der Waals surface area (Å²) >= 11 is 0. The van der Waals surface area contributed by atoms with Crippen molar-refractivity contribution in [3.8, 4) is 0 Å². The molecule has 0 heterocycles. The molecule has 0 unspecified atom stereocenters. The van der Waals surface area contributed by atoms with Crippen molar-refractivity contribution in [1.82, 2.24) is 5.32 Å². The smallest absolute Gasteiger partial charge is 0.408 e. The summed E-state index contributed by atoms with van der Waals surface area (Å²) in [5.41, 5.74) is -1.06.